The molecule has 1 unspecified atom stereocenters. The SMILES string of the molecule is O=S(=O)(c1ccccc1)C1(S(=O)(=O)c2ccccc2)CC=C(c2ccsc2)C1O. The molecule has 0 radical (unpaired) electrons. The number of thiophene rings is 1. The van der Waals surface area contributed by atoms with E-state index in [1.54, 1.807) is 29.0 Å². The lowest BCUT2D eigenvalue weighted by atomic mass is 10.1. The first-order chi connectivity index (χ1) is 13.8. The lowest BCUT2D eigenvalue weighted by molar-refractivity contribution is 0.217. The van der Waals surface area contributed by atoms with Crippen LogP contribution in [-0.2, 0) is 19.7 Å². The van der Waals surface area contributed by atoms with E-state index in [1.807, 2.05) is 0 Å². The van der Waals surface area contributed by atoms with Crippen LogP contribution in [-0.4, -0.2) is 32.1 Å². The van der Waals surface area contributed by atoms with Crippen molar-refractivity contribution in [1.82, 2.24) is 0 Å². The molecule has 1 heterocycles. The van der Waals surface area contributed by atoms with E-state index in [1.165, 1.54) is 65.9 Å². The third-order valence-corrected chi connectivity index (χ3v) is 11.6. The number of aliphatic hydroxyl groups excluding tert-OH is 1. The number of allylic oxidation sites excluding steroid dienone is 1. The predicted octanol–water partition coefficient (Wildman–Crippen LogP) is 3.54. The zero-order valence-corrected chi connectivity index (χ0v) is 17.6. The Morgan fingerprint density at radius 2 is 1.34 bits per heavy atom. The van der Waals surface area contributed by atoms with E-state index >= 15 is 0 Å². The molecule has 1 aromatic heterocycles. The summed E-state index contributed by atoms with van der Waals surface area (Å²) in [7, 11) is -8.93. The first-order valence-electron chi connectivity index (χ1n) is 8.82. The minimum atomic E-state index is -4.47. The monoisotopic (exact) mass is 446 g/mol. The van der Waals surface area contributed by atoms with Gasteiger partial charge in [-0.2, -0.15) is 11.3 Å². The van der Waals surface area contributed by atoms with Gasteiger partial charge in [0.15, 0.2) is 0 Å². The fraction of sp³-hybridized carbons (Fsp3) is 0.143. The summed E-state index contributed by atoms with van der Waals surface area (Å²) in [6.45, 7) is 0. The molecule has 0 bridgehead atoms. The second-order valence-electron chi connectivity index (χ2n) is 6.72. The van der Waals surface area contributed by atoms with Crippen molar-refractivity contribution in [2.24, 2.45) is 0 Å². The molecule has 1 atom stereocenters. The lowest BCUT2D eigenvalue weighted by Crippen LogP contribution is -2.53. The summed E-state index contributed by atoms with van der Waals surface area (Å²) in [6.07, 6.45) is -0.547. The maximum Gasteiger partial charge on any atom is 0.215 e. The van der Waals surface area contributed by atoms with Gasteiger partial charge in [0.1, 0.15) is 6.10 Å². The van der Waals surface area contributed by atoms with Crippen molar-refractivity contribution in [2.75, 3.05) is 0 Å². The smallest absolute Gasteiger partial charge is 0.215 e. The number of hydrogen-bond donors (Lipinski definition) is 1. The van der Waals surface area contributed by atoms with Crippen molar-refractivity contribution < 1.29 is 21.9 Å². The molecule has 0 amide bonds. The molecule has 29 heavy (non-hydrogen) atoms. The molecule has 0 saturated heterocycles. The molecule has 8 heteroatoms. The Balaban J connectivity index is 1.98. The molecule has 3 aromatic rings. The maximum atomic E-state index is 13.7. The number of sulfone groups is 2. The van der Waals surface area contributed by atoms with E-state index in [4.69, 9.17) is 0 Å². The third kappa shape index (κ3) is 2.90. The van der Waals surface area contributed by atoms with E-state index in [0.717, 1.165) is 0 Å². The van der Waals surface area contributed by atoms with E-state index in [-0.39, 0.29) is 16.2 Å². The van der Waals surface area contributed by atoms with Crippen molar-refractivity contribution in [1.29, 1.82) is 0 Å². The summed E-state index contributed by atoms with van der Waals surface area (Å²) < 4.78 is 52.5. The van der Waals surface area contributed by atoms with E-state index in [9.17, 15) is 21.9 Å². The maximum absolute atomic E-state index is 13.7. The largest absolute Gasteiger partial charge is 0.386 e. The lowest BCUT2D eigenvalue weighted by Gasteiger charge is -2.33. The molecule has 1 aliphatic carbocycles. The fourth-order valence-corrected chi connectivity index (χ4v) is 9.35. The van der Waals surface area contributed by atoms with Gasteiger partial charge in [0.05, 0.1) is 9.79 Å². The third-order valence-electron chi connectivity index (χ3n) is 5.19. The Kier molecular flexibility index (Phi) is 4.98. The van der Waals surface area contributed by atoms with Crippen LogP contribution in [0.15, 0.2) is 93.4 Å². The van der Waals surface area contributed by atoms with E-state index < -0.39 is 29.9 Å². The average Bonchev–Trinajstić information content (AvgIpc) is 3.38. The van der Waals surface area contributed by atoms with Gasteiger partial charge < -0.3 is 5.11 Å². The summed E-state index contributed by atoms with van der Waals surface area (Å²) in [6, 6.07) is 16.6. The molecule has 1 aliphatic rings. The van der Waals surface area contributed by atoms with E-state index in [0.29, 0.717) is 11.1 Å². The van der Waals surface area contributed by atoms with Crippen molar-refractivity contribution in [3.05, 3.63) is 89.1 Å². The van der Waals surface area contributed by atoms with Crippen LogP contribution in [0.5, 0.6) is 0 Å². The van der Waals surface area contributed by atoms with Crippen LogP contribution in [0.2, 0.25) is 0 Å². The van der Waals surface area contributed by atoms with Gasteiger partial charge in [-0.05, 0) is 52.2 Å². The van der Waals surface area contributed by atoms with Gasteiger partial charge in [-0.25, -0.2) is 16.8 Å². The summed E-state index contributed by atoms with van der Waals surface area (Å²) in [5, 5.41) is 14.8. The van der Waals surface area contributed by atoms with Crippen molar-refractivity contribution >= 4 is 36.6 Å². The highest BCUT2D eigenvalue weighted by Gasteiger charge is 2.63. The Labute approximate surface area is 173 Å². The standard InChI is InChI=1S/C21H18O5S3/c22-20-19(16-12-14-27-15-16)11-13-21(20,28(23,24)17-7-3-1-4-8-17)29(25,26)18-9-5-2-6-10-18/h1-12,14-15,20,22H,13H2. The van der Waals surface area contributed by atoms with Crippen LogP contribution in [0.1, 0.15) is 12.0 Å². The Morgan fingerprint density at radius 1 is 0.828 bits per heavy atom. The van der Waals surface area contributed by atoms with Gasteiger partial charge >= 0.3 is 0 Å². The topological polar surface area (TPSA) is 88.5 Å². The molecule has 1 N–H and O–H groups in total. The highest BCUT2D eigenvalue weighted by atomic mass is 32.3. The molecule has 0 fully saturated rings. The van der Waals surface area contributed by atoms with E-state index in [2.05, 4.69) is 0 Å². The molecule has 0 spiro atoms. The summed E-state index contributed by atoms with van der Waals surface area (Å²) in [4.78, 5) is -0.281. The van der Waals surface area contributed by atoms with Crippen molar-refractivity contribution in [3.63, 3.8) is 0 Å². The molecule has 5 nitrogen and oxygen atoms in total. The minimum Gasteiger partial charge on any atom is -0.386 e. The minimum absolute atomic E-state index is 0.140. The first-order valence-corrected chi connectivity index (χ1v) is 12.7. The summed E-state index contributed by atoms with van der Waals surface area (Å²) in [5.74, 6) is 0. The zero-order valence-electron chi connectivity index (χ0n) is 15.2. The number of rotatable bonds is 5. The zero-order chi connectivity index (χ0) is 20.7. The van der Waals surface area contributed by atoms with Gasteiger partial charge in [-0.3, -0.25) is 0 Å². The molecule has 150 valence electrons. The van der Waals surface area contributed by atoms with Crippen LogP contribution >= 0.6 is 11.3 Å². The highest BCUT2D eigenvalue weighted by molar-refractivity contribution is 8.10. The van der Waals surface area contributed by atoms with Crippen molar-refractivity contribution in [3.8, 4) is 0 Å². The number of benzene rings is 2. The molecule has 2 aromatic carbocycles. The second-order valence-corrected chi connectivity index (χ2v) is 12.2. The molecular weight excluding hydrogens is 428 g/mol. The van der Waals surface area contributed by atoms with Crippen LogP contribution in [0.3, 0.4) is 0 Å². The second kappa shape index (κ2) is 7.21. The Hall–Kier alpha value is -2.26. The van der Waals surface area contributed by atoms with Gasteiger partial charge in [0.2, 0.25) is 23.8 Å². The summed E-state index contributed by atoms with van der Waals surface area (Å²) >= 11 is 1.39. The van der Waals surface area contributed by atoms with Crippen LogP contribution in [0.25, 0.3) is 5.57 Å². The summed E-state index contributed by atoms with van der Waals surface area (Å²) in [5.41, 5.74) is 0.932. The van der Waals surface area contributed by atoms with Gasteiger partial charge in [0, 0.05) is 6.42 Å². The Morgan fingerprint density at radius 3 is 1.79 bits per heavy atom. The van der Waals surface area contributed by atoms with Gasteiger partial charge in [0.25, 0.3) is 0 Å². The molecular formula is C21H18O5S3. The highest BCUT2D eigenvalue weighted by Crippen LogP contribution is 2.49. The van der Waals surface area contributed by atoms with Crippen LogP contribution in [0.4, 0.5) is 0 Å². The van der Waals surface area contributed by atoms with Gasteiger partial charge in [-0.1, -0.05) is 42.5 Å². The first kappa shape index (κ1) is 20.0. The average molecular weight is 447 g/mol. The predicted molar refractivity (Wildman–Crippen MR) is 113 cm³/mol. The number of aliphatic hydroxyl groups is 1. The molecule has 0 saturated carbocycles. The van der Waals surface area contributed by atoms with Crippen LogP contribution in [0, 0.1) is 0 Å². The molecule has 4 rings (SSSR count). The Bertz CT molecular complexity index is 1170. The number of hydrogen-bond acceptors (Lipinski definition) is 6. The van der Waals surface area contributed by atoms with Gasteiger partial charge in [-0.15, -0.1) is 0 Å². The quantitative estimate of drug-likeness (QED) is 0.648. The van der Waals surface area contributed by atoms with Crippen molar-refractivity contribution in [2.45, 2.75) is 26.4 Å². The fourth-order valence-electron chi connectivity index (χ4n) is 3.67. The van der Waals surface area contributed by atoms with Crippen LogP contribution < -0.4 is 0 Å². The molecule has 0 aliphatic heterocycles. The normalized spacial score (nSPS) is 19.1.